The topological polar surface area (TPSA) is 88.1 Å². The summed E-state index contributed by atoms with van der Waals surface area (Å²) in [7, 11) is 0. The molecule has 8 heteroatoms. The minimum absolute atomic E-state index is 0.109. The van der Waals surface area contributed by atoms with E-state index < -0.39 is 0 Å². The Bertz CT molecular complexity index is 664. The second kappa shape index (κ2) is 8.95. The zero-order valence-electron chi connectivity index (χ0n) is 14.3. The van der Waals surface area contributed by atoms with Crippen molar-refractivity contribution in [1.29, 1.82) is 0 Å². The summed E-state index contributed by atoms with van der Waals surface area (Å²) in [5.74, 6) is 1.09. The van der Waals surface area contributed by atoms with E-state index in [0.29, 0.717) is 38.4 Å². The minimum Gasteiger partial charge on any atom is -0.508 e. The molecule has 140 valence electrons. The summed E-state index contributed by atoms with van der Waals surface area (Å²) >= 11 is 1.72. The largest absolute Gasteiger partial charge is 0.508 e. The van der Waals surface area contributed by atoms with Gasteiger partial charge in [-0.15, -0.1) is 11.8 Å². The van der Waals surface area contributed by atoms with Crippen molar-refractivity contribution >= 4 is 23.8 Å². The average Bonchev–Trinajstić information content (AvgIpc) is 3.18. The average molecular weight is 378 g/mol. The van der Waals surface area contributed by atoms with E-state index in [4.69, 9.17) is 9.47 Å². The number of phenols is 1. The third kappa shape index (κ3) is 5.15. The highest BCUT2D eigenvalue weighted by molar-refractivity contribution is 8.02. The summed E-state index contributed by atoms with van der Waals surface area (Å²) in [6, 6.07) is 6.02. The van der Waals surface area contributed by atoms with E-state index in [1.54, 1.807) is 28.8 Å². The predicted octanol–water partition coefficient (Wildman–Crippen LogP) is 1.84. The van der Waals surface area contributed by atoms with Crippen molar-refractivity contribution < 1.29 is 24.2 Å². The van der Waals surface area contributed by atoms with Gasteiger partial charge < -0.3 is 24.8 Å². The zero-order chi connectivity index (χ0) is 18.4. The number of phenolic OH excluding ortho intramolecular Hbond substituents is 1. The summed E-state index contributed by atoms with van der Waals surface area (Å²) in [6.45, 7) is 1.96. The van der Waals surface area contributed by atoms with Gasteiger partial charge in [0.15, 0.2) is 0 Å². The Hall–Kier alpha value is -2.19. The van der Waals surface area contributed by atoms with E-state index in [1.807, 2.05) is 5.41 Å². The number of hydrogen-bond acceptors (Lipinski definition) is 6. The first-order valence-electron chi connectivity index (χ1n) is 8.50. The van der Waals surface area contributed by atoms with Crippen LogP contribution in [-0.2, 0) is 9.47 Å². The SMILES string of the molecule is O=C(NCC1CN(C(=O)OCC2C=CSC2)CCO1)c1ccc(O)cc1. The lowest BCUT2D eigenvalue weighted by Gasteiger charge is -2.32. The van der Waals surface area contributed by atoms with Crippen LogP contribution in [0.4, 0.5) is 4.79 Å². The summed E-state index contributed by atoms with van der Waals surface area (Å²) < 4.78 is 11.0. The van der Waals surface area contributed by atoms with Crippen molar-refractivity contribution in [3.05, 3.63) is 41.3 Å². The summed E-state index contributed by atoms with van der Waals surface area (Å²) in [6.07, 6.45) is 1.44. The fraction of sp³-hybridized carbons (Fsp3) is 0.444. The number of ether oxygens (including phenoxy) is 2. The molecular weight excluding hydrogens is 356 g/mol. The Kier molecular flexibility index (Phi) is 6.40. The van der Waals surface area contributed by atoms with Gasteiger partial charge in [0.05, 0.1) is 19.3 Å². The molecular formula is C18H22N2O5S. The molecule has 2 aliphatic rings. The number of morpholine rings is 1. The van der Waals surface area contributed by atoms with Crippen LogP contribution in [0.3, 0.4) is 0 Å². The lowest BCUT2D eigenvalue weighted by atomic mass is 10.2. The lowest BCUT2D eigenvalue weighted by molar-refractivity contribution is -0.0261. The van der Waals surface area contributed by atoms with E-state index in [2.05, 4.69) is 11.4 Å². The predicted molar refractivity (Wildman–Crippen MR) is 98.2 cm³/mol. The molecule has 2 atom stereocenters. The van der Waals surface area contributed by atoms with E-state index in [9.17, 15) is 14.7 Å². The maximum Gasteiger partial charge on any atom is 0.409 e. The van der Waals surface area contributed by atoms with Crippen molar-refractivity contribution in [2.75, 3.05) is 38.6 Å². The second-order valence-electron chi connectivity index (χ2n) is 6.19. The molecule has 1 aromatic rings. The molecule has 3 rings (SSSR count). The Morgan fingerprint density at radius 2 is 2.15 bits per heavy atom. The smallest absolute Gasteiger partial charge is 0.409 e. The van der Waals surface area contributed by atoms with Crippen LogP contribution in [0.15, 0.2) is 35.7 Å². The molecule has 0 spiro atoms. The number of carbonyl (C=O) groups excluding carboxylic acids is 2. The first kappa shape index (κ1) is 18.6. The molecule has 1 aromatic carbocycles. The van der Waals surface area contributed by atoms with E-state index in [-0.39, 0.29) is 29.8 Å². The molecule has 26 heavy (non-hydrogen) atoms. The van der Waals surface area contributed by atoms with Crippen molar-refractivity contribution in [2.24, 2.45) is 5.92 Å². The Morgan fingerprint density at radius 3 is 2.88 bits per heavy atom. The number of nitrogens with zero attached hydrogens (tertiary/aromatic N) is 1. The summed E-state index contributed by atoms with van der Waals surface area (Å²) in [5, 5.41) is 14.1. The monoisotopic (exact) mass is 378 g/mol. The molecule has 2 aliphatic heterocycles. The van der Waals surface area contributed by atoms with Gasteiger partial charge in [-0.1, -0.05) is 6.08 Å². The van der Waals surface area contributed by atoms with Gasteiger partial charge in [-0.2, -0.15) is 0 Å². The molecule has 7 nitrogen and oxygen atoms in total. The molecule has 2 N–H and O–H groups in total. The highest BCUT2D eigenvalue weighted by Gasteiger charge is 2.26. The van der Waals surface area contributed by atoms with Crippen LogP contribution < -0.4 is 5.32 Å². The van der Waals surface area contributed by atoms with Crippen LogP contribution >= 0.6 is 11.8 Å². The third-order valence-corrected chi connectivity index (χ3v) is 5.17. The summed E-state index contributed by atoms with van der Waals surface area (Å²) in [4.78, 5) is 25.9. The standard InChI is InChI=1S/C18H22N2O5S/c21-15-3-1-14(2-4-15)17(22)19-9-16-10-20(6-7-24-16)18(23)25-11-13-5-8-26-12-13/h1-5,8,13,16,21H,6-7,9-12H2,(H,19,22). The van der Waals surface area contributed by atoms with Crippen molar-refractivity contribution in [2.45, 2.75) is 6.10 Å². The maximum atomic E-state index is 12.2. The number of carbonyl (C=O) groups is 2. The molecule has 2 amide bonds. The molecule has 2 unspecified atom stereocenters. The maximum absolute atomic E-state index is 12.2. The Morgan fingerprint density at radius 1 is 1.35 bits per heavy atom. The molecule has 0 bridgehead atoms. The van der Waals surface area contributed by atoms with Gasteiger partial charge in [-0.25, -0.2) is 4.79 Å². The van der Waals surface area contributed by atoms with Gasteiger partial charge in [0, 0.05) is 30.3 Å². The molecule has 2 heterocycles. The van der Waals surface area contributed by atoms with Gasteiger partial charge in [-0.05, 0) is 29.7 Å². The highest BCUT2D eigenvalue weighted by atomic mass is 32.2. The van der Waals surface area contributed by atoms with Crippen molar-refractivity contribution in [3.63, 3.8) is 0 Å². The number of amides is 2. The first-order valence-corrected chi connectivity index (χ1v) is 9.55. The van der Waals surface area contributed by atoms with E-state index in [0.717, 1.165) is 5.75 Å². The third-order valence-electron chi connectivity index (χ3n) is 4.19. The van der Waals surface area contributed by atoms with Crippen LogP contribution in [0.1, 0.15) is 10.4 Å². The number of aromatic hydroxyl groups is 1. The van der Waals surface area contributed by atoms with Gasteiger partial charge in [-0.3, -0.25) is 4.79 Å². The number of benzene rings is 1. The minimum atomic E-state index is -0.339. The molecule has 0 aliphatic carbocycles. The normalized spacial score (nSPS) is 22.2. The van der Waals surface area contributed by atoms with Gasteiger partial charge in [0.25, 0.3) is 5.91 Å². The number of thioether (sulfide) groups is 1. The summed E-state index contributed by atoms with van der Waals surface area (Å²) in [5.41, 5.74) is 0.456. The molecule has 1 saturated heterocycles. The zero-order valence-corrected chi connectivity index (χ0v) is 15.1. The second-order valence-corrected chi connectivity index (χ2v) is 7.13. The van der Waals surface area contributed by atoms with Crippen LogP contribution in [0.2, 0.25) is 0 Å². The van der Waals surface area contributed by atoms with Crippen LogP contribution in [0.5, 0.6) is 5.75 Å². The highest BCUT2D eigenvalue weighted by Crippen LogP contribution is 2.20. The molecule has 0 saturated carbocycles. The fourth-order valence-electron chi connectivity index (χ4n) is 2.70. The Balaban J connectivity index is 1.42. The number of rotatable bonds is 5. The molecule has 1 fully saturated rings. The number of hydrogen-bond donors (Lipinski definition) is 2. The van der Waals surface area contributed by atoms with E-state index in [1.165, 1.54) is 12.1 Å². The molecule has 0 aromatic heterocycles. The Labute approximate surface area is 156 Å². The lowest BCUT2D eigenvalue weighted by Crippen LogP contribution is -2.49. The van der Waals surface area contributed by atoms with Gasteiger partial charge >= 0.3 is 6.09 Å². The fourth-order valence-corrected chi connectivity index (χ4v) is 3.60. The van der Waals surface area contributed by atoms with Crippen molar-refractivity contribution in [1.82, 2.24) is 10.2 Å². The quantitative estimate of drug-likeness (QED) is 0.813. The first-order chi connectivity index (χ1) is 12.6. The van der Waals surface area contributed by atoms with Crippen LogP contribution in [0, 0.1) is 5.92 Å². The van der Waals surface area contributed by atoms with Crippen LogP contribution in [-0.4, -0.2) is 66.7 Å². The van der Waals surface area contributed by atoms with Gasteiger partial charge in [0.1, 0.15) is 12.4 Å². The molecule has 0 radical (unpaired) electrons. The van der Waals surface area contributed by atoms with Crippen LogP contribution in [0.25, 0.3) is 0 Å². The van der Waals surface area contributed by atoms with Gasteiger partial charge in [0.2, 0.25) is 0 Å². The van der Waals surface area contributed by atoms with E-state index >= 15 is 0 Å². The van der Waals surface area contributed by atoms with Crippen molar-refractivity contribution in [3.8, 4) is 5.75 Å². The number of nitrogens with one attached hydrogen (secondary N) is 1.